The summed E-state index contributed by atoms with van der Waals surface area (Å²) in [6, 6.07) is 3.35. The van der Waals surface area contributed by atoms with Gasteiger partial charge in [0.1, 0.15) is 5.82 Å². The molecule has 1 rings (SSSR count). The molecule has 1 aromatic rings. The van der Waals surface area contributed by atoms with Gasteiger partial charge in [-0.05, 0) is 18.2 Å². The molecule has 13 heavy (non-hydrogen) atoms. The lowest BCUT2D eigenvalue weighted by Gasteiger charge is -2.03. The van der Waals surface area contributed by atoms with Gasteiger partial charge < -0.3 is 5.73 Å². The Morgan fingerprint density at radius 1 is 1.46 bits per heavy atom. The van der Waals surface area contributed by atoms with Gasteiger partial charge in [-0.15, -0.1) is 0 Å². The first kappa shape index (κ1) is 9.75. The van der Waals surface area contributed by atoms with Crippen LogP contribution in [0.1, 0.15) is 0 Å². The van der Waals surface area contributed by atoms with Gasteiger partial charge in [-0.25, -0.2) is 4.39 Å². The summed E-state index contributed by atoms with van der Waals surface area (Å²) in [6.45, 7) is 0. The molecule has 0 fully saturated rings. The quantitative estimate of drug-likeness (QED) is 0.488. The van der Waals surface area contributed by atoms with E-state index in [9.17, 15) is 12.8 Å². The maximum absolute atomic E-state index is 12.9. The molecule has 0 amide bonds. The Hall–Kier alpha value is -1.34. The van der Waals surface area contributed by atoms with Gasteiger partial charge in [0.05, 0.1) is 5.69 Å². The van der Waals surface area contributed by atoms with Crippen molar-refractivity contribution in [1.82, 2.24) is 0 Å². The fourth-order valence-electron chi connectivity index (χ4n) is 0.753. The average Bonchev–Trinajstić information content (AvgIpc) is 1.93. The molecule has 0 aromatic heterocycles. The van der Waals surface area contributed by atoms with E-state index in [-0.39, 0.29) is 11.4 Å². The van der Waals surface area contributed by atoms with Crippen molar-refractivity contribution in [2.45, 2.75) is 0 Å². The van der Waals surface area contributed by atoms with Crippen LogP contribution in [0, 0.1) is 5.82 Å². The molecule has 0 aliphatic carbocycles. The number of hydrogen-bond donors (Lipinski definition) is 3. The van der Waals surface area contributed by atoms with Gasteiger partial charge in [0.15, 0.2) is 0 Å². The van der Waals surface area contributed by atoms with Gasteiger partial charge in [-0.3, -0.25) is 9.27 Å². The van der Waals surface area contributed by atoms with Crippen LogP contribution in [-0.2, 0) is 10.3 Å². The second kappa shape index (κ2) is 3.19. The van der Waals surface area contributed by atoms with E-state index in [1.807, 2.05) is 0 Å². The summed E-state index contributed by atoms with van der Waals surface area (Å²) in [5.41, 5.74) is 5.03. The monoisotopic (exact) mass is 206 g/mol. The van der Waals surface area contributed by atoms with Crippen molar-refractivity contribution in [2.75, 3.05) is 10.5 Å². The predicted molar refractivity (Wildman–Crippen MR) is 46.0 cm³/mol. The molecule has 0 heterocycles. The summed E-state index contributed by atoms with van der Waals surface area (Å²) in [5.74, 6) is -0.849. The Morgan fingerprint density at radius 2 is 2.08 bits per heavy atom. The summed E-state index contributed by atoms with van der Waals surface area (Å²) in [5, 5.41) is 0. The van der Waals surface area contributed by atoms with E-state index >= 15 is 0 Å². The highest BCUT2D eigenvalue weighted by molar-refractivity contribution is 7.87. The van der Waals surface area contributed by atoms with Crippen LogP contribution < -0.4 is 10.5 Å². The van der Waals surface area contributed by atoms with Crippen LogP contribution >= 0.6 is 0 Å². The van der Waals surface area contributed by atoms with Gasteiger partial charge in [0.25, 0.3) is 0 Å². The van der Waals surface area contributed by atoms with Crippen LogP contribution in [0.25, 0.3) is 0 Å². The van der Waals surface area contributed by atoms with E-state index in [2.05, 4.69) is 0 Å². The SMILES string of the molecule is Nc1ccc(NS(=O)(=O)O)c(F)c1. The molecule has 0 aliphatic rings. The predicted octanol–water partition coefficient (Wildman–Crippen LogP) is 0.623. The largest absolute Gasteiger partial charge is 0.399 e. The van der Waals surface area contributed by atoms with Crippen molar-refractivity contribution in [2.24, 2.45) is 0 Å². The van der Waals surface area contributed by atoms with Crippen molar-refractivity contribution in [3.63, 3.8) is 0 Å². The normalized spacial score (nSPS) is 11.2. The third kappa shape index (κ3) is 2.88. The summed E-state index contributed by atoms with van der Waals surface area (Å²) in [4.78, 5) is 0. The second-order valence-electron chi connectivity index (χ2n) is 2.32. The molecular formula is C6H7FN2O3S. The van der Waals surface area contributed by atoms with E-state index in [0.717, 1.165) is 12.1 Å². The first-order chi connectivity index (χ1) is 5.88. The van der Waals surface area contributed by atoms with Crippen LogP contribution in [0.4, 0.5) is 15.8 Å². The van der Waals surface area contributed by atoms with Crippen LogP contribution in [0.3, 0.4) is 0 Å². The molecule has 0 spiro atoms. The molecule has 0 aliphatic heterocycles. The van der Waals surface area contributed by atoms with Crippen LogP contribution in [0.15, 0.2) is 18.2 Å². The molecule has 0 saturated carbocycles. The zero-order chi connectivity index (χ0) is 10.1. The Labute approximate surface area is 74.3 Å². The molecule has 7 heteroatoms. The number of nitrogen functional groups attached to an aromatic ring is 1. The molecule has 1 aromatic carbocycles. The minimum Gasteiger partial charge on any atom is -0.399 e. The highest BCUT2D eigenvalue weighted by atomic mass is 32.2. The van der Waals surface area contributed by atoms with Crippen molar-refractivity contribution in [1.29, 1.82) is 0 Å². The van der Waals surface area contributed by atoms with E-state index < -0.39 is 16.1 Å². The molecule has 4 N–H and O–H groups in total. The first-order valence-corrected chi connectivity index (χ1v) is 4.63. The topological polar surface area (TPSA) is 92.4 Å². The van der Waals surface area contributed by atoms with Gasteiger partial charge >= 0.3 is 10.3 Å². The van der Waals surface area contributed by atoms with E-state index in [4.69, 9.17) is 10.3 Å². The highest BCUT2D eigenvalue weighted by Gasteiger charge is 2.08. The summed E-state index contributed by atoms with van der Waals surface area (Å²) in [6.07, 6.45) is 0. The fraction of sp³-hybridized carbons (Fsp3) is 0. The number of nitrogens with two attached hydrogens (primary N) is 1. The Bertz CT molecular complexity index is 418. The van der Waals surface area contributed by atoms with Crippen molar-refractivity contribution in [3.05, 3.63) is 24.0 Å². The summed E-state index contributed by atoms with van der Waals surface area (Å²) in [7, 11) is -4.44. The van der Waals surface area contributed by atoms with Crippen molar-refractivity contribution in [3.8, 4) is 0 Å². The van der Waals surface area contributed by atoms with Gasteiger partial charge in [-0.1, -0.05) is 0 Å². The molecule has 0 bridgehead atoms. The number of nitrogens with one attached hydrogen (secondary N) is 1. The fourth-order valence-corrected chi connectivity index (χ4v) is 1.20. The Morgan fingerprint density at radius 3 is 2.54 bits per heavy atom. The molecule has 0 saturated heterocycles. The van der Waals surface area contributed by atoms with E-state index in [0.29, 0.717) is 0 Å². The van der Waals surface area contributed by atoms with Crippen molar-refractivity contribution < 1.29 is 17.4 Å². The zero-order valence-electron chi connectivity index (χ0n) is 6.36. The number of halogens is 1. The highest BCUT2D eigenvalue weighted by Crippen LogP contribution is 2.17. The van der Waals surface area contributed by atoms with Gasteiger partial charge in [0, 0.05) is 5.69 Å². The third-order valence-electron chi connectivity index (χ3n) is 1.23. The maximum atomic E-state index is 12.9. The lowest BCUT2D eigenvalue weighted by Crippen LogP contribution is -2.11. The first-order valence-electron chi connectivity index (χ1n) is 3.19. The van der Waals surface area contributed by atoms with E-state index in [1.165, 1.54) is 6.07 Å². The average molecular weight is 206 g/mol. The lowest BCUT2D eigenvalue weighted by atomic mass is 10.3. The molecule has 0 unspecified atom stereocenters. The van der Waals surface area contributed by atoms with Crippen LogP contribution in [0.2, 0.25) is 0 Å². The summed E-state index contributed by atoms with van der Waals surface area (Å²) < 4.78 is 43.3. The molecule has 72 valence electrons. The van der Waals surface area contributed by atoms with Crippen LogP contribution in [0.5, 0.6) is 0 Å². The molecule has 5 nitrogen and oxygen atoms in total. The van der Waals surface area contributed by atoms with Gasteiger partial charge in [0.2, 0.25) is 0 Å². The zero-order valence-corrected chi connectivity index (χ0v) is 7.18. The lowest BCUT2D eigenvalue weighted by molar-refractivity contribution is 0.489. The van der Waals surface area contributed by atoms with E-state index in [1.54, 1.807) is 4.72 Å². The number of benzene rings is 1. The van der Waals surface area contributed by atoms with Crippen molar-refractivity contribution >= 4 is 21.7 Å². The molecule has 0 radical (unpaired) electrons. The standard InChI is InChI=1S/C6H7FN2O3S/c7-5-3-4(8)1-2-6(5)9-13(10,11)12/h1-3,9H,8H2,(H,10,11,12). The summed E-state index contributed by atoms with van der Waals surface area (Å²) >= 11 is 0. The van der Waals surface area contributed by atoms with Crippen LogP contribution in [-0.4, -0.2) is 13.0 Å². The number of hydrogen-bond acceptors (Lipinski definition) is 3. The maximum Gasteiger partial charge on any atom is 0.357 e. The number of anilines is 2. The Balaban J connectivity index is 3.04. The Kier molecular flexibility index (Phi) is 2.39. The molecular weight excluding hydrogens is 199 g/mol. The number of rotatable bonds is 2. The second-order valence-corrected chi connectivity index (χ2v) is 3.47. The smallest absolute Gasteiger partial charge is 0.357 e. The molecule has 0 atom stereocenters. The minimum atomic E-state index is -4.44. The van der Waals surface area contributed by atoms with Gasteiger partial charge in [-0.2, -0.15) is 8.42 Å². The minimum absolute atomic E-state index is 0.165. The third-order valence-corrected chi connectivity index (χ3v) is 1.71.